The molecule has 0 aromatic carbocycles. The number of halogens is 5. The molecule has 0 radical (unpaired) electrons. The van der Waals surface area contributed by atoms with Crippen LogP contribution in [0.1, 0.15) is 19.8 Å². The Morgan fingerprint density at radius 3 is 2.47 bits per heavy atom. The van der Waals surface area contributed by atoms with Crippen LogP contribution in [0.4, 0.5) is 0 Å². The van der Waals surface area contributed by atoms with Crippen LogP contribution >= 0.6 is 62.3 Å². The van der Waals surface area contributed by atoms with Crippen molar-refractivity contribution in [2.24, 2.45) is 5.41 Å². The minimum Gasteiger partial charge on any atom is -0.125 e. The molecule has 0 unspecified atom stereocenters. The molecule has 0 saturated heterocycles. The quantitative estimate of drug-likeness (QED) is 0.603. The lowest BCUT2D eigenvalue weighted by Gasteiger charge is -2.46. The van der Waals surface area contributed by atoms with E-state index in [0.29, 0.717) is 5.88 Å². The molecule has 1 fully saturated rings. The van der Waals surface area contributed by atoms with Crippen LogP contribution in [-0.2, 0) is 0 Å². The van der Waals surface area contributed by atoms with E-state index in [1.165, 1.54) is 5.54 Å². The van der Waals surface area contributed by atoms with Gasteiger partial charge in [0.25, 0.3) is 0 Å². The van der Waals surface area contributed by atoms with Gasteiger partial charge in [0.1, 0.15) is 0 Å². The van der Waals surface area contributed by atoms with Crippen LogP contribution in [0.25, 0.3) is 0 Å². The molecule has 5 heteroatoms. The highest BCUT2D eigenvalue weighted by Crippen LogP contribution is 2.51. The molecule has 1 saturated carbocycles. The molecular weight excluding hydrogens is 342 g/mol. The summed E-state index contributed by atoms with van der Waals surface area (Å²) >= 11 is 27.8. The fourth-order valence-corrected chi connectivity index (χ4v) is 4.15. The second-order valence-electron chi connectivity index (χ2n) is 4.31. The summed E-state index contributed by atoms with van der Waals surface area (Å²) in [6, 6.07) is 0. The van der Waals surface area contributed by atoms with E-state index in [4.69, 9.17) is 46.4 Å². The molecule has 4 atom stereocenters. The molecule has 88 valence electrons. The van der Waals surface area contributed by atoms with Crippen molar-refractivity contribution >= 4 is 62.3 Å². The number of hydrogen-bond acceptors (Lipinski definition) is 0. The zero-order valence-corrected chi connectivity index (χ0v) is 12.9. The molecule has 0 heterocycles. The lowest BCUT2D eigenvalue weighted by molar-refractivity contribution is 0.263. The number of rotatable bonds is 2. The van der Waals surface area contributed by atoms with Gasteiger partial charge in [-0.25, -0.2) is 0 Å². The van der Waals surface area contributed by atoms with Gasteiger partial charge < -0.3 is 0 Å². The van der Waals surface area contributed by atoms with Crippen LogP contribution in [-0.4, -0.2) is 21.0 Å². The second kappa shape index (κ2) is 5.35. The Labute approximate surface area is 119 Å². The lowest BCUT2D eigenvalue weighted by Crippen LogP contribution is -2.49. The average molecular weight is 355 g/mol. The predicted molar refractivity (Wildman–Crippen MR) is 74.0 cm³/mol. The molecule has 0 aromatic rings. The summed E-state index contributed by atoms with van der Waals surface area (Å²) < 4.78 is -0.257. The van der Waals surface area contributed by atoms with Gasteiger partial charge in [-0.05, 0) is 12.8 Å². The van der Waals surface area contributed by atoms with Gasteiger partial charge in [-0.15, -0.1) is 34.8 Å². The maximum absolute atomic E-state index is 6.32. The van der Waals surface area contributed by atoms with Gasteiger partial charge in [0, 0.05) is 22.2 Å². The molecule has 0 aliphatic heterocycles. The maximum Gasteiger partial charge on any atom is 0.0565 e. The van der Waals surface area contributed by atoms with E-state index >= 15 is 0 Å². The van der Waals surface area contributed by atoms with Crippen molar-refractivity contribution in [3.63, 3.8) is 0 Å². The van der Waals surface area contributed by atoms with Crippen LogP contribution in [0.5, 0.6) is 0 Å². The van der Waals surface area contributed by atoms with Crippen molar-refractivity contribution < 1.29 is 0 Å². The number of hydrogen-bond donors (Lipinski definition) is 0. The van der Waals surface area contributed by atoms with Gasteiger partial charge in [0.15, 0.2) is 0 Å². The van der Waals surface area contributed by atoms with Crippen molar-refractivity contribution in [3.8, 4) is 0 Å². The Bertz CT molecular complexity index is 258. The Morgan fingerprint density at radius 2 is 2.00 bits per heavy atom. The molecule has 0 aromatic heterocycles. The minimum atomic E-state index is -0.257. The van der Waals surface area contributed by atoms with Crippen LogP contribution in [0.3, 0.4) is 0 Å². The van der Waals surface area contributed by atoms with Gasteiger partial charge in [0.05, 0.1) is 9.70 Å². The predicted octanol–water partition coefficient (Wildman–Crippen LogP) is 5.13. The first-order valence-corrected chi connectivity index (χ1v) is 7.32. The van der Waals surface area contributed by atoms with E-state index in [-0.39, 0.29) is 20.5 Å². The molecule has 0 bridgehead atoms. The Hall–Kier alpha value is 1.38. The van der Waals surface area contributed by atoms with E-state index in [9.17, 15) is 0 Å². The van der Waals surface area contributed by atoms with E-state index in [1.807, 2.05) is 6.08 Å². The summed E-state index contributed by atoms with van der Waals surface area (Å²) in [6.45, 7) is 2.08. The highest BCUT2D eigenvalue weighted by molar-refractivity contribution is 9.10. The summed E-state index contributed by atoms with van der Waals surface area (Å²) in [4.78, 5) is 0. The molecule has 0 amide bonds. The molecular formula is C10H13BrCl4. The smallest absolute Gasteiger partial charge is 0.0565 e. The van der Waals surface area contributed by atoms with Gasteiger partial charge in [-0.3, -0.25) is 0 Å². The van der Waals surface area contributed by atoms with Crippen LogP contribution in [0.15, 0.2) is 11.6 Å². The van der Waals surface area contributed by atoms with Crippen molar-refractivity contribution in [2.45, 2.75) is 34.8 Å². The second-order valence-corrected chi connectivity index (χ2v) is 7.47. The van der Waals surface area contributed by atoms with Gasteiger partial charge in [0.2, 0.25) is 0 Å². The Morgan fingerprint density at radius 1 is 1.40 bits per heavy atom. The zero-order chi connectivity index (χ0) is 11.7. The van der Waals surface area contributed by atoms with E-state index < -0.39 is 0 Å². The highest BCUT2D eigenvalue weighted by Gasteiger charge is 2.49. The Balaban J connectivity index is 2.94. The standard InChI is InChI=1S/C10H13BrCl4/c1-9(2-3-12)5-10(11,6-13)8(15)4-7(9)14/h2-3,7-8H,4-6H2,1H3/b3-2+/t7-,8+,9+,10+/m0/s1. The van der Waals surface area contributed by atoms with E-state index in [0.717, 1.165) is 12.8 Å². The number of alkyl halides is 4. The molecule has 0 N–H and O–H groups in total. The average Bonchev–Trinajstić information content (AvgIpc) is 2.15. The molecule has 15 heavy (non-hydrogen) atoms. The summed E-state index contributed by atoms with van der Waals surface area (Å²) in [7, 11) is 0. The first-order valence-electron chi connectivity index (χ1n) is 4.69. The van der Waals surface area contributed by atoms with Crippen molar-refractivity contribution in [1.29, 1.82) is 0 Å². The third kappa shape index (κ3) is 2.98. The monoisotopic (exact) mass is 352 g/mol. The van der Waals surface area contributed by atoms with E-state index in [1.54, 1.807) is 0 Å². The summed E-state index contributed by atoms with van der Waals surface area (Å²) in [5.74, 6) is 0.469. The zero-order valence-electron chi connectivity index (χ0n) is 8.32. The SMILES string of the molecule is C[C@@]1(/C=C/Cl)C[C@@](Br)(CCl)[C@H](Cl)C[C@@H]1Cl. The largest absolute Gasteiger partial charge is 0.125 e. The highest BCUT2D eigenvalue weighted by atomic mass is 79.9. The molecule has 0 spiro atoms. The van der Waals surface area contributed by atoms with Crippen molar-refractivity contribution in [2.75, 3.05) is 5.88 Å². The van der Waals surface area contributed by atoms with E-state index in [2.05, 4.69) is 22.9 Å². The van der Waals surface area contributed by atoms with Crippen molar-refractivity contribution in [1.82, 2.24) is 0 Å². The van der Waals surface area contributed by atoms with Crippen LogP contribution in [0, 0.1) is 5.41 Å². The minimum absolute atomic E-state index is 0.0103. The lowest BCUT2D eigenvalue weighted by atomic mass is 9.70. The first-order chi connectivity index (χ1) is 6.88. The van der Waals surface area contributed by atoms with Gasteiger partial charge in [-0.2, -0.15) is 0 Å². The fraction of sp³-hybridized carbons (Fsp3) is 0.800. The molecule has 0 nitrogen and oxygen atoms in total. The summed E-state index contributed by atoms with van der Waals surface area (Å²) in [5, 5.41) is -0.0572. The van der Waals surface area contributed by atoms with Gasteiger partial charge in [-0.1, -0.05) is 40.5 Å². The normalized spacial score (nSPS) is 47.3. The third-order valence-electron chi connectivity index (χ3n) is 3.03. The summed E-state index contributed by atoms with van der Waals surface area (Å²) in [6.07, 6.45) is 3.44. The Kier molecular flexibility index (Phi) is 5.15. The summed E-state index contributed by atoms with van der Waals surface area (Å²) in [5.41, 5.74) is 1.36. The third-order valence-corrected chi connectivity index (χ3v) is 6.61. The number of allylic oxidation sites excluding steroid dienone is 1. The fourth-order valence-electron chi connectivity index (χ4n) is 1.96. The van der Waals surface area contributed by atoms with Crippen LogP contribution < -0.4 is 0 Å². The maximum atomic E-state index is 6.32. The van der Waals surface area contributed by atoms with Crippen LogP contribution in [0.2, 0.25) is 0 Å². The molecule has 1 aliphatic rings. The molecule has 1 aliphatic carbocycles. The first kappa shape index (κ1) is 14.4. The van der Waals surface area contributed by atoms with Gasteiger partial charge >= 0.3 is 0 Å². The van der Waals surface area contributed by atoms with Crippen molar-refractivity contribution in [3.05, 3.63) is 11.6 Å². The molecule has 1 rings (SSSR count). The topological polar surface area (TPSA) is 0 Å².